The maximum atomic E-state index is 13.2. The average molecular weight is 294 g/mol. The second-order valence-corrected chi connectivity index (χ2v) is 5.97. The first kappa shape index (κ1) is 14.6. The van der Waals surface area contributed by atoms with Crippen LogP contribution < -0.4 is 0 Å². The van der Waals surface area contributed by atoms with Crippen molar-refractivity contribution >= 4 is 5.78 Å². The molecule has 0 spiro atoms. The minimum Gasteiger partial charge on any atom is -0.299 e. The smallest absolute Gasteiger partial charge is 0.176 e. The number of likely N-dealkylation sites (tertiary alicyclic amines) is 2. The minimum absolute atomic E-state index is 0.143. The fourth-order valence-corrected chi connectivity index (χ4v) is 3.32. The third kappa shape index (κ3) is 3.30. The van der Waals surface area contributed by atoms with Crippen LogP contribution in [-0.2, 0) is 0 Å². The summed E-state index contributed by atoms with van der Waals surface area (Å²) >= 11 is 0. The summed E-state index contributed by atoms with van der Waals surface area (Å²) in [5.74, 6) is -2.02. The van der Waals surface area contributed by atoms with Crippen molar-refractivity contribution in [3.8, 4) is 0 Å². The number of hydrogen-bond acceptors (Lipinski definition) is 3. The van der Waals surface area contributed by atoms with E-state index >= 15 is 0 Å². The molecule has 0 radical (unpaired) electrons. The van der Waals surface area contributed by atoms with Crippen molar-refractivity contribution < 1.29 is 13.6 Å². The van der Waals surface area contributed by atoms with Gasteiger partial charge in [0.2, 0.25) is 0 Å². The maximum Gasteiger partial charge on any atom is 0.176 e. The van der Waals surface area contributed by atoms with Gasteiger partial charge in [0.15, 0.2) is 17.4 Å². The van der Waals surface area contributed by atoms with Gasteiger partial charge in [-0.05, 0) is 50.6 Å². The monoisotopic (exact) mass is 294 g/mol. The Morgan fingerprint density at radius 3 is 2.62 bits per heavy atom. The number of carbonyl (C=O) groups is 1. The molecule has 114 valence electrons. The number of hydrogen-bond donors (Lipinski definition) is 0. The second-order valence-electron chi connectivity index (χ2n) is 5.97. The molecule has 3 nitrogen and oxygen atoms in total. The molecule has 0 amide bonds. The highest BCUT2D eigenvalue weighted by Gasteiger charge is 2.30. The molecular weight excluding hydrogens is 274 g/mol. The van der Waals surface area contributed by atoms with Crippen LogP contribution >= 0.6 is 0 Å². The Bertz CT molecular complexity index is 529. The van der Waals surface area contributed by atoms with Crippen LogP contribution in [0.5, 0.6) is 0 Å². The molecule has 21 heavy (non-hydrogen) atoms. The van der Waals surface area contributed by atoms with Crippen molar-refractivity contribution in [3.05, 3.63) is 35.4 Å². The molecule has 3 rings (SSSR count). The summed E-state index contributed by atoms with van der Waals surface area (Å²) in [6.07, 6.45) is 3.62. The lowest BCUT2D eigenvalue weighted by atomic mass is 10.1. The number of ketones is 1. The van der Waals surface area contributed by atoms with E-state index in [0.29, 0.717) is 6.04 Å². The van der Waals surface area contributed by atoms with Crippen LogP contribution in [0.1, 0.15) is 29.6 Å². The van der Waals surface area contributed by atoms with Gasteiger partial charge in [-0.1, -0.05) is 0 Å². The molecule has 2 heterocycles. The predicted molar refractivity (Wildman–Crippen MR) is 76.3 cm³/mol. The Morgan fingerprint density at radius 2 is 1.90 bits per heavy atom. The summed E-state index contributed by atoms with van der Waals surface area (Å²) in [4.78, 5) is 16.8. The number of nitrogens with zero attached hydrogens (tertiary/aromatic N) is 2. The van der Waals surface area contributed by atoms with Gasteiger partial charge in [0.05, 0.1) is 6.54 Å². The third-order valence-electron chi connectivity index (χ3n) is 4.51. The first-order chi connectivity index (χ1) is 10.1. The summed E-state index contributed by atoms with van der Waals surface area (Å²) in [5.41, 5.74) is 0.249. The van der Waals surface area contributed by atoms with Crippen molar-refractivity contribution in [2.24, 2.45) is 0 Å². The minimum atomic E-state index is -0.961. The van der Waals surface area contributed by atoms with E-state index in [4.69, 9.17) is 0 Å². The van der Waals surface area contributed by atoms with Gasteiger partial charge in [0.1, 0.15) is 0 Å². The van der Waals surface area contributed by atoms with Crippen molar-refractivity contribution in [2.45, 2.75) is 25.3 Å². The molecular formula is C16H20F2N2O. The van der Waals surface area contributed by atoms with E-state index in [0.717, 1.165) is 44.7 Å². The standard InChI is InChI=1S/C16H20F2N2O/c17-14-4-3-12(9-15(14)18)16(21)11-19-8-5-13(10-19)20-6-1-2-7-20/h3-4,9,13H,1-2,5-8,10-11H2. The summed E-state index contributed by atoms with van der Waals surface area (Å²) in [6.45, 7) is 4.41. The largest absolute Gasteiger partial charge is 0.299 e. The molecule has 5 heteroatoms. The van der Waals surface area contributed by atoms with Gasteiger partial charge in [-0.3, -0.25) is 14.6 Å². The number of halogens is 2. The fourth-order valence-electron chi connectivity index (χ4n) is 3.32. The number of carbonyl (C=O) groups excluding carboxylic acids is 1. The Balaban J connectivity index is 1.56. The molecule has 2 saturated heterocycles. The fraction of sp³-hybridized carbons (Fsp3) is 0.562. The Hall–Kier alpha value is -1.33. The van der Waals surface area contributed by atoms with Crippen LogP contribution in [0.2, 0.25) is 0 Å². The topological polar surface area (TPSA) is 23.6 Å². The molecule has 1 aromatic rings. The summed E-state index contributed by atoms with van der Waals surface area (Å²) in [7, 11) is 0. The Morgan fingerprint density at radius 1 is 1.14 bits per heavy atom. The summed E-state index contributed by atoms with van der Waals surface area (Å²) < 4.78 is 26.1. The van der Waals surface area contributed by atoms with Gasteiger partial charge in [0, 0.05) is 24.7 Å². The van der Waals surface area contributed by atoms with Gasteiger partial charge in [-0.25, -0.2) is 8.78 Å². The maximum absolute atomic E-state index is 13.2. The molecule has 1 unspecified atom stereocenters. The molecule has 0 saturated carbocycles. The van der Waals surface area contributed by atoms with Crippen LogP contribution in [-0.4, -0.2) is 54.3 Å². The highest BCUT2D eigenvalue weighted by Crippen LogP contribution is 2.20. The van der Waals surface area contributed by atoms with Crippen LogP contribution in [0.15, 0.2) is 18.2 Å². The highest BCUT2D eigenvalue weighted by atomic mass is 19.2. The lowest BCUT2D eigenvalue weighted by molar-refractivity contribution is 0.0939. The molecule has 0 N–H and O–H groups in total. The van der Waals surface area contributed by atoms with E-state index in [1.165, 1.54) is 18.9 Å². The number of rotatable bonds is 4. The highest BCUT2D eigenvalue weighted by molar-refractivity contribution is 5.97. The third-order valence-corrected chi connectivity index (χ3v) is 4.51. The number of benzene rings is 1. The van der Waals surface area contributed by atoms with Crippen LogP contribution in [0, 0.1) is 11.6 Å². The van der Waals surface area contributed by atoms with E-state index in [2.05, 4.69) is 9.80 Å². The van der Waals surface area contributed by atoms with E-state index in [9.17, 15) is 13.6 Å². The van der Waals surface area contributed by atoms with Gasteiger partial charge in [-0.2, -0.15) is 0 Å². The van der Waals surface area contributed by atoms with Gasteiger partial charge in [0.25, 0.3) is 0 Å². The van der Waals surface area contributed by atoms with Gasteiger partial charge in [-0.15, -0.1) is 0 Å². The first-order valence-electron chi connectivity index (χ1n) is 7.58. The van der Waals surface area contributed by atoms with Crippen LogP contribution in [0.3, 0.4) is 0 Å². The molecule has 0 aliphatic carbocycles. The predicted octanol–water partition coefficient (Wildman–Crippen LogP) is 2.32. The molecule has 2 aliphatic rings. The van der Waals surface area contributed by atoms with Gasteiger partial charge < -0.3 is 0 Å². The second kappa shape index (κ2) is 6.20. The Labute approximate surface area is 123 Å². The van der Waals surface area contributed by atoms with Crippen LogP contribution in [0.4, 0.5) is 8.78 Å². The van der Waals surface area contributed by atoms with Crippen molar-refractivity contribution in [1.29, 1.82) is 0 Å². The zero-order chi connectivity index (χ0) is 14.8. The first-order valence-corrected chi connectivity index (χ1v) is 7.58. The summed E-state index contributed by atoms with van der Waals surface area (Å²) in [5, 5.41) is 0. The molecule has 1 atom stereocenters. The zero-order valence-electron chi connectivity index (χ0n) is 12.0. The quantitative estimate of drug-likeness (QED) is 0.796. The molecule has 0 bridgehead atoms. The Kier molecular flexibility index (Phi) is 4.31. The van der Waals surface area contributed by atoms with E-state index in [1.54, 1.807) is 0 Å². The molecule has 0 aromatic heterocycles. The number of Topliss-reactive ketones (excluding diaryl/α,β-unsaturated/α-hetero) is 1. The van der Waals surface area contributed by atoms with E-state index in [1.807, 2.05) is 0 Å². The lowest BCUT2D eigenvalue weighted by Crippen LogP contribution is -2.36. The van der Waals surface area contributed by atoms with Crippen molar-refractivity contribution in [1.82, 2.24) is 9.80 Å². The molecule has 1 aromatic carbocycles. The van der Waals surface area contributed by atoms with E-state index in [-0.39, 0.29) is 17.9 Å². The summed E-state index contributed by atoms with van der Waals surface area (Å²) in [6, 6.07) is 3.91. The molecule has 2 fully saturated rings. The van der Waals surface area contributed by atoms with Crippen molar-refractivity contribution in [3.63, 3.8) is 0 Å². The lowest BCUT2D eigenvalue weighted by Gasteiger charge is -2.23. The molecule has 2 aliphatic heterocycles. The van der Waals surface area contributed by atoms with E-state index < -0.39 is 11.6 Å². The normalized spacial score (nSPS) is 23.8. The van der Waals surface area contributed by atoms with Crippen LogP contribution in [0.25, 0.3) is 0 Å². The average Bonchev–Trinajstić information content (AvgIpc) is 3.12. The van der Waals surface area contributed by atoms with Gasteiger partial charge >= 0.3 is 0 Å². The van der Waals surface area contributed by atoms with Crippen molar-refractivity contribution in [2.75, 3.05) is 32.7 Å². The zero-order valence-corrected chi connectivity index (χ0v) is 12.0. The SMILES string of the molecule is O=C(CN1CCC(N2CCCC2)C1)c1ccc(F)c(F)c1.